The monoisotopic (exact) mass is 325 g/mol. The molecule has 0 radical (unpaired) electrons. The van der Waals surface area contributed by atoms with Gasteiger partial charge in [0.25, 0.3) is 0 Å². The Kier molecular flexibility index (Phi) is 11.7. The number of hydrogen-bond acceptors (Lipinski definition) is 5. The van der Waals surface area contributed by atoms with Crippen LogP contribution in [0.4, 0.5) is 0 Å². The second-order valence-corrected chi connectivity index (χ2v) is 5.88. The number of amides is 1. The topological polar surface area (TPSA) is 80.2 Å². The molecule has 0 spiro atoms. The molecule has 2 rings (SSSR count). The van der Waals surface area contributed by atoms with Crippen LogP contribution in [0.5, 0.6) is 0 Å². The highest BCUT2D eigenvalue weighted by Gasteiger charge is 2.35. The minimum Gasteiger partial charge on any atom is -0.352 e. The maximum absolute atomic E-state index is 12.1. The van der Waals surface area contributed by atoms with Gasteiger partial charge in [-0.15, -0.1) is 0 Å². The fraction of sp³-hybridized carbons (Fsp3) is 0.882. The molecule has 1 aliphatic heterocycles. The van der Waals surface area contributed by atoms with Crippen molar-refractivity contribution in [2.45, 2.75) is 84.0 Å². The molecule has 23 heavy (non-hydrogen) atoms. The van der Waals surface area contributed by atoms with Gasteiger partial charge in [-0.3, -0.25) is 4.79 Å². The summed E-state index contributed by atoms with van der Waals surface area (Å²) in [6.07, 6.45) is 4.94. The van der Waals surface area contributed by atoms with Crippen molar-refractivity contribution in [2.24, 2.45) is 0 Å². The summed E-state index contributed by atoms with van der Waals surface area (Å²) in [7, 11) is 3.76. The quantitative estimate of drug-likeness (QED) is 0.737. The minimum atomic E-state index is -0.270. The highest BCUT2D eigenvalue weighted by molar-refractivity contribution is 5.82. The number of carbonyl (C=O) groups excluding carboxylic acids is 1. The number of nitrogens with one attached hydrogen (secondary N) is 3. The molecule has 0 aromatic carbocycles. The summed E-state index contributed by atoms with van der Waals surface area (Å²) in [5.41, 5.74) is 3.04. The molecule has 1 aliphatic carbocycles. The lowest BCUT2D eigenvalue weighted by Crippen LogP contribution is -2.47. The summed E-state index contributed by atoms with van der Waals surface area (Å²) in [4.78, 5) is 12.1. The van der Waals surface area contributed by atoms with Crippen molar-refractivity contribution < 1.29 is 4.79 Å². The van der Waals surface area contributed by atoms with Gasteiger partial charge >= 0.3 is 0 Å². The highest BCUT2D eigenvalue weighted by Crippen LogP contribution is 2.19. The second-order valence-electron chi connectivity index (χ2n) is 5.88. The van der Waals surface area contributed by atoms with Crippen molar-refractivity contribution in [3.8, 4) is 6.07 Å². The molecular weight excluding hydrogens is 290 g/mol. The zero-order valence-corrected chi connectivity index (χ0v) is 15.6. The lowest BCUT2D eigenvalue weighted by Gasteiger charge is -2.17. The van der Waals surface area contributed by atoms with Crippen LogP contribution in [0, 0.1) is 11.3 Å². The molecule has 1 saturated heterocycles. The smallest absolute Gasteiger partial charge is 0.238 e. The van der Waals surface area contributed by atoms with E-state index in [-0.39, 0.29) is 24.0 Å². The maximum atomic E-state index is 12.1. The Morgan fingerprint density at radius 2 is 1.83 bits per heavy atom. The van der Waals surface area contributed by atoms with E-state index in [1.807, 2.05) is 20.9 Å². The number of hydrogen-bond donors (Lipinski definition) is 3. The van der Waals surface area contributed by atoms with E-state index in [1.54, 1.807) is 12.1 Å². The summed E-state index contributed by atoms with van der Waals surface area (Å²) in [6, 6.07) is 2.48. The number of carbonyl (C=O) groups is 1. The first-order valence-electron chi connectivity index (χ1n) is 8.91. The Bertz CT molecular complexity index is 368. The van der Waals surface area contributed by atoms with Gasteiger partial charge < -0.3 is 10.6 Å². The molecule has 6 heteroatoms. The first-order valence-corrected chi connectivity index (χ1v) is 8.91. The fourth-order valence-corrected chi connectivity index (χ4v) is 2.75. The van der Waals surface area contributed by atoms with E-state index < -0.39 is 0 Å². The van der Waals surface area contributed by atoms with Crippen LogP contribution in [0.3, 0.4) is 0 Å². The number of nitrogens with zero attached hydrogens (tertiary/aromatic N) is 2. The predicted octanol–water partition coefficient (Wildman–Crippen LogP) is 1.79. The van der Waals surface area contributed by atoms with Crippen LogP contribution in [0.25, 0.3) is 0 Å². The van der Waals surface area contributed by atoms with E-state index in [0.29, 0.717) is 12.5 Å². The van der Waals surface area contributed by atoms with Gasteiger partial charge in [0, 0.05) is 25.6 Å². The molecule has 134 valence electrons. The van der Waals surface area contributed by atoms with Crippen LogP contribution in [0.15, 0.2) is 0 Å². The van der Waals surface area contributed by atoms with Gasteiger partial charge in [0.05, 0.1) is 6.07 Å². The SMILES string of the molecule is CC.CCC.CNC1CCC(NC(=O)C2CC(C#N)N(C)N2)C1. The largest absolute Gasteiger partial charge is 0.352 e. The van der Waals surface area contributed by atoms with Crippen molar-refractivity contribution in [2.75, 3.05) is 14.1 Å². The van der Waals surface area contributed by atoms with Crippen LogP contribution >= 0.6 is 0 Å². The lowest BCUT2D eigenvalue weighted by atomic mass is 10.1. The zero-order valence-electron chi connectivity index (χ0n) is 15.6. The van der Waals surface area contributed by atoms with Crippen LogP contribution in [-0.2, 0) is 4.79 Å². The summed E-state index contributed by atoms with van der Waals surface area (Å²) >= 11 is 0. The van der Waals surface area contributed by atoms with Gasteiger partial charge in [0.1, 0.15) is 12.1 Å². The number of hydrazine groups is 1. The Morgan fingerprint density at radius 1 is 1.26 bits per heavy atom. The highest BCUT2D eigenvalue weighted by atomic mass is 16.2. The third-order valence-corrected chi connectivity index (χ3v) is 3.94. The molecule has 2 aliphatic rings. The maximum Gasteiger partial charge on any atom is 0.238 e. The summed E-state index contributed by atoms with van der Waals surface area (Å²) in [6.45, 7) is 8.25. The van der Waals surface area contributed by atoms with Crippen LogP contribution < -0.4 is 16.1 Å². The molecule has 4 unspecified atom stereocenters. The van der Waals surface area contributed by atoms with Crippen molar-refractivity contribution in [3.05, 3.63) is 0 Å². The van der Waals surface area contributed by atoms with Gasteiger partial charge in [-0.05, 0) is 26.3 Å². The van der Waals surface area contributed by atoms with E-state index in [9.17, 15) is 4.79 Å². The fourth-order valence-electron chi connectivity index (χ4n) is 2.75. The average Bonchev–Trinajstić information content (AvgIpc) is 3.16. The van der Waals surface area contributed by atoms with Crippen molar-refractivity contribution >= 4 is 5.91 Å². The van der Waals surface area contributed by atoms with Gasteiger partial charge in [-0.25, -0.2) is 10.4 Å². The van der Waals surface area contributed by atoms with Crippen molar-refractivity contribution in [1.82, 2.24) is 21.1 Å². The Balaban J connectivity index is 0.000000868. The normalized spacial score (nSPS) is 29.6. The zero-order chi connectivity index (χ0) is 17.8. The predicted molar refractivity (Wildman–Crippen MR) is 94.6 cm³/mol. The van der Waals surface area contributed by atoms with Gasteiger partial charge in [0.15, 0.2) is 0 Å². The summed E-state index contributed by atoms with van der Waals surface area (Å²) in [5, 5.41) is 16.9. The molecule has 3 N–H and O–H groups in total. The van der Waals surface area contributed by atoms with E-state index in [1.165, 1.54) is 6.42 Å². The molecule has 0 aromatic heterocycles. The molecule has 6 nitrogen and oxygen atoms in total. The third-order valence-electron chi connectivity index (χ3n) is 3.94. The number of rotatable bonds is 3. The van der Waals surface area contributed by atoms with Crippen LogP contribution in [0.2, 0.25) is 0 Å². The summed E-state index contributed by atoms with van der Waals surface area (Å²) in [5.74, 6) is 0.0151. The van der Waals surface area contributed by atoms with Crippen molar-refractivity contribution in [1.29, 1.82) is 5.26 Å². The summed E-state index contributed by atoms with van der Waals surface area (Å²) < 4.78 is 0. The average molecular weight is 326 g/mol. The Morgan fingerprint density at radius 3 is 2.26 bits per heavy atom. The molecule has 1 heterocycles. The Hall–Kier alpha value is -1.16. The van der Waals surface area contributed by atoms with Crippen molar-refractivity contribution in [3.63, 3.8) is 0 Å². The lowest BCUT2D eigenvalue weighted by molar-refractivity contribution is -0.123. The minimum absolute atomic E-state index is 0.0151. The molecule has 2 fully saturated rings. The van der Waals surface area contributed by atoms with Gasteiger partial charge in [0.2, 0.25) is 5.91 Å². The molecule has 0 aromatic rings. The molecule has 1 saturated carbocycles. The molecular formula is C17H35N5O. The standard InChI is InChI=1S/C12H21N5O.C3H8.C2H6/c1-14-8-3-4-9(5-8)15-12(18)11-6-10(7-13)17(2)16-11;1-3-2;1-2/h8-11,14,16H,3-6H2,1-2H3,(H,15,18);3H2,1-2H3;1-2H3. The molecule has 4 atom stereocenters. The van der Waals surface area contributed by atoms with E-state index in [2.05, 4.69) is 36.0 Å². The third kappa shape index (κ3) is 7.30. The van der Waals surface area contributed by atoms with Gasteiger partial charge in [-0.1, -0.05) is 34.1 Å². The molecule has 0 bridgehead atoms. The van der Waals surface area contributed by atoms with E-state index >= 15 is 0 Å². The molecule has 1 amide bonds. The van der Waals surface area contributed by atoms with E-state index in [4.69, 9.17) is 5.26 Å². The van der Waals surface area contributed by atoms with Crippen LogP contribution in [-0.4, -0.2) is 49.2 Å². The first-order chi connectivity index (χ1) is 11.0. The van der Waals surface area contributed by atoms with E-state index in [0.717, 1.165) is 19.3 Å². The van der Waals surface area contributed by atoms with Gasteiger partial charge in [-0.2, -0.15) is 5.26 Å². The van der Waals surface area contributed by atoms with Crippen LogP contribution in [0.1, 0.15) is 59.8 Å². The Labute approximate surface area is 142 Å². The second kappa shape index (κ2) is 12.3. The number of nitriles is 1. The first kappa shape index (κ1) is 21.8.